The van der Waals surface area contributed by atoms with Gasteiger partial charge in [0.2, 0.25) is 0 Å². The summed E-state index contributed by atoms with van der Waals surface area (Å²) in [6.45, 7) is 2.29. The number of urea groups is 1. The first-order valence-corrected chi connectivity index (χ1v) is 7.64. The highest BCUT2D eigenvalue weighted by atomic mass is 35.5. The first-order valence-electron chi connectivity index (χ1n) is 7.27. The lowest BCUT2D eigenvalue weighted by atomic mass is 10.2. The second kappa shape index (κ2) is 7.83. The van der Waals surface area contributed by atoms with Gasteiger partial charge in [0.1, 0.15) is 5.75 Å². The Morgan fingerprint density at radius 3 is 2.83 bits per heavy atom. The number of pyridine rings is 1. The van der Waals surface area contributed by atoms with Gasteiger partial charge in [-0.1, -0.05) is 23.7 Å². The predicted octanol–water partition coefficient (Wildman–Crippen LogP) is 3.65. The van der Waals surface area contributed by atoms with Crippen LogP contribution in [0.15, 0.2) is 42.6 Å². The highest BCUT2D eigenvalue weighted by Gasteiger charge is 2.18. The molecule has 0 spiro atoms. The third-order valence-corrected chi connectivity index (χ3v) is 3.93. The van der Waals surface area contributed by atoms with Gasteiger partial charge in [-0.05, 0) is 31.2 Å². The number of hydrogen-bond donors (Lipinski definition) is 1. The fourth-order valence-corrected chi connectivity index (χ4v) is 2.32. The molecule has 0 bridgehead atoms. The Labute approximate surface area is 141 Å². The maximum Gasteiger partial charge on any atom is 0.317 e. The maximum atomic E-state index is 12.3. The molecule has 2 amide bonds. The molecule has 1 atom stereocenters. The van der Waals surface area contributed by atoms with Crippen LogP contribution in [-0.2, 0) is 6.54 Å². The zero-order valence-corrected chi connectivity index (χ0v) is 14.2. The van der Waals surface area contributed by atoms with Gasteiger partial charge in [0.05, 0.1) is 18.8 Å². The monoisotopic (exact) mass is 333 g/mol. The van der Waals surface area contributed by atoms with E-state index in [1.807, 2.05) is 31.2 Å². The molecule has 1 aromatic heterocycles. The van der Waals surface area contributed by atoms with E-state index in [9.17, 15) is 4.79 Å². The topological polar surface area (TPSA) is 54.5 Å². The molecule has 5 nitrogen and oxygen atoms in total. The summed E-state index contributed by atoms with van der Waals surface area (Å²) >= 11 is 5.94. The van der Waals surface area contributed by atoms with Crippen LogP contribution < -0.4 is 10.1 Å². The van der Waals surface area contributed by atoms with Gasteiger partial charge < -0.3 is 15.0 Å². The first kappa shape index (κ1) is 17.1. The number of amides is 2. The summed E-state index contributed by atoms with van der Waals surface area (Å²) in [5.74, 6) is 0.651. The van der Waals surface area contributed by atoms with Crippen molar-refractivity contribution in [3.8, 4) is 5.75 Å². The molecule has 23 heavy (non-hydrogen) atoms. The molecule has 0 aliphatic heterocycles. The number of methoxy groups -OCH3 is 1. The summed E-state index contributed by atoms with van der Waals surface area (Å²) in [7, 11) is 3.32. The van der Waals surface area contributed by atoms with Crippen molar-refractivity contribution in [2.24, 2.45) is 0 Å². The summed E-state index contributed by atoms with van der Waals surface area (Å²) < 4.78 is 5.28. The van der Waals surface area contributed by atoms with E-state index in [4.69, 9.17) is 16.3 Å². The molecule has 0 saturated heterocycles. The Morgan fingerprint density at radius 1 is 1.39 bits per heavy atom. The third kappa shape index (κ3) is 4.36. The molecular weight excluding hydrogens is 314 g/mol. The highest BCUT2D eigenvalue weighted by Crippen LogP contribution is 2.23. The van der Waals surface area contributed by atoms with Crippen LogP contribution in [0.1, 0.15) is 24.2 Å². The highest BCUT2D eigenvalue weighted by molar-refractivity contribution is 6.30. The minimum Gasteiger partial charge on any atom is -0.496 e. The number of ether oxygens (including phenoxy) is 1. The quantitative estimate of drug-likeness (QED) is 0.908. The van der Waals surface area contributed by atoms with Crippen molar-refractivity contribution in [2.45, 2.75) is 19.5 Å². The maximum absolute atomic E-state index is 12.3. The van der Waals surface area contributed by atoms with Gasteiger partial charge in [0, 0.05) is 30.4 Å². The lowest BCUT2D eigenvalue weighted by Crippen LogP contribution is -2.38. The molecule has 2 rings (SSSR count). The Morgan fingerprint density at radius 2 is 2.17 bits per heavy atom. The number of carbonyl (C=O) groups excluding carboxylic acids is 1. The van der Waals surface area contributed by atoms with Crippen molar-refractivity contribution < 1.29 is 9.53 Å². The molecule has 122 valence electrons. The molecule has 0 aliphatic carbocycles. The van der Waals surface area contributed by atoms with Gasteiger partial charge in [-0.2, -0.15) is 0 Å². The van der Waals surface area contributed by atoms with E-state index in [1.54, 1.807) is 37.4 Å². The van der Waals surface area contributed by atoms with Gasteiger partial charge in [-0.3, -0.25) is 4.98 Å². The van der Waals surface area contributed by atoms with E-state index in [-0.39, 0.29) is 12.1 Å². The van der Waals surface area contributed by atoms with Crippen LogP contribution in [0.5, 0.6) is 5.75 Å². The Hall–Kier alpha value is -2.27. The minimum atomic E-state index is -0.180. The number of aromatic nitrogens is 1. The van der Waals surface area contributed by atoms with Crippen LogP contribution in [0.2, 0.25) is 5.02 Å². The van der Waals surface area contributed by atoms with Crippen LogP contribution in [-0.4, -0.2) is 30.1 Å². The number of halogens is 1. The molecule has 1 aromatic carbocycles. The fourth-order valence-electron chi connectivity index (χ4n) is 2.16. The molecule has 1 heterocycles. The second-order valence-electron chi connectivity index (χ2n) is 5.16. The standard InChI is InChI=1S/C17H20ClN3O2/c1-12(15-6-4-5-9-19-15)21(2)17(22)20-11-13-7-8-14(18)10-16(13)23-3/h4-10,12H,11H2,1-3H3,(H,20,22)/t12-/m0/s1. The van der Waals surface area contributed by atoms with E-state index in [0.29, 0.717) is 17.3 Å². The number of rotatable bonds is 5. The average Bonchev–Trinajstić information content (AvgIpc) is 2.59. The van der Waals surface area contributed by atoms with Crippen LogP contribution in [0, 0.1) is 0 Å². The van der Waals surface area contributed by atoms with Gasteiger partial charge in [-0.25, -0.2) is 4.79 Å². The summed E-state index contributed by atoms with van der Waals surface area (Å²) in [5.41, 5.74) is 1.71. The summed E-state index contributed by atoms with van der Waals surface area (Å²) in [6, 6.07) is 10.7. The van der Waals surface area contributed by atoms with Crippen molar-refractivity contribution in [3.05, 3.63) is 58.9 Å². The SMILES string of the molecule is COc1cc(Cl)ccc1CNC(=O)N(C)[C@@H](C)c1ccccn1. The Balaban J connectivity index is 1.99. The van der Waals surface area contributed by atoms with E-state index < -0.39 is 0 Å². The van der Waals surface area contributed by atoms with Crippen LogP contribution in [0.25, 0.3) is 0 Å². The largest absolute Gasteiger partial charge is 0.496 e. The van der Waals surface area contributed by atoms with Gasteiger partial charge in [0.25, 0.3) is 0 Å². The minimum absolute atomic E-state index is 0.122. The van der Waals surface area contributed by atoms with Crippen molar-refractivity contribution in [1.29, 1.82) is 0 Å². The Kier molecular flexibility index (Phi) is 5.82. The second-order valence-corrected chi connectivity index (χ2v) is 5.59. The summed E-state index contributed by atoms with van der Waals surface area (Å²) in [5, 5.41) is 3.47. The smallest absolute Gasteiger partial charge is 0.317 e. The van der Waals surface area contributed by atoms with Crippen molar-refractivity contribution in [1.82, 2.24) is 15.2 Å². The molecule has 0 fully saturated rings. The van der Waals surface area contributed by atoms with Crippen LogP contribution in [0.4, 0.5) is 4.79 Å². The van der Waals surface area contributed by atoms with Gasteiger partial charge in [-0.15, -0.1) is 0 Å². The zero-order valence-electron chi connectivity index (χ0n) is 13.4. The molecule has 0 radical (unpaired) electrons. The van der Waals surface area contributed by atoms with E-state index in [1.165, 1.54) is 0 Å². The number of nitrogens with one attached hydrogen (secondary N) is 1. The number of nitrogens with zero attached hydrogens (tertiary/aromatic N) is 2. The molecular formula is C17H20ClN3O2. The molecule has 0 saturated carbocycles. The molecule has 1 N–H and O–H groups in total. The molecule has 6 heteroatoms. The van der Waals surface area contributed by atoms with Crippen molar-refractivity contribution in [2.75, 3.05) is 14.2 Å². The average molecular weight is 334 g/mol. The predicted molar refractivity (Wildman–Crippen MR) is 90.7 cm³/mol. The molecule has 0 aliphatic rings. The lowest BCUT2D eigenvalue weighted by molar-refractivity contribution is 0.193. The first-order chi connectivity index (χ1) is 11.0. The van der Waals surface area contributed by atoms with E-state index in [0.717, 1.165) is 11.3 Å². The third-order valence-electron chi connectivity index (χ3n) is 3.70. The van der Waals surface area contributed by atoms with Gasteiger partial charge in [0.15, 0.2) is 0 Å². The van der Waals surface area contributed by atoms with Crippen molar-refractivity contribution >= 4 is 17.6 Å². The molecule has 0 unspecified atom stereocenters. The van der Waals surface area contributed by atoms with Crippen LogP contribution in [0.3, 0.4) is 0 Å². The normalized spacial score (nSPS) is 11.7. The van der Waals surface area contributed by atoms with E-state index in [2.05, 4.69) is 10.3 Å². The van der Waals surface area contributed by atoms with Crippen molar-refractivity contribution in [3.63, 3.8) is 0 Å². The van der Waals surface area contributed by atoms with Crippen LogP contribution >= 0.6 is 11.6 Å². The number of carbonyl (C=O) groups is 1. The molecule has 2 aromatic rings. The van der Waals surface area contributed by atoms with E-state index >= 15 is 0 Å². The number of hydrogen-bond acceptors (Lipinski definition) is 3. The summed E-state index contributed by atoms with van der Waals surface area (Å²) in [6.07, 6.45) is 1.72. The number of benzene rings is 1. The lowest BCUT2D eigenvalue weighted by Gasteiger charge is -2.25. The Bertz CT molecular complexity index is 664. The van der Waals surface area contributed by atoms with Gasteiger partial charge >= 0.3 is 6.03 Å². The fraction of sp³-hybridized carbons (Fsp3) is 0.294. The zero-order chi connectivity index (χ0) is 16.8. The summed E-state index contributed by atoms with van der Waals surface area (Å²) in [4.78, 5) is 18.2.